The maximum atomic E-state index is 6.41. The highest BCUT2D eigenvalue weighted by atomic mass is 32.1. The van der Waals surface area contributed by atoms with Gasteiger partial charge in [0.05, 0.1) is 22.1 Å². The first-order valence-corrected chi connectivity index (χ1v) is 18.5. The third-order valence-corrected chi connectivity index (χ3v) is 12.0. The average Bonchev–Trinajstić information content (AvgIpc) is 3.93. The van der Waals surface area contributed by atoms with Crippen LogP contribution in [0.4, 0.5) is 0 Å². The highest BCUT2D eigenvalue weighted by Crippen LogP contribution is 2.43. The Morgan fingerprint density at radius 1 is 0.327 bits per heavy atom. The third kappa shape index (κ3) is 3.90. The first-order chi connectivity index (χ1) is 25.8. The number of thiophene rings is 1. The molecule has 0 atom stereocenters. The van der Waals surface area contributed by atoms with Crippen molar-refractivity contribution < 1.29 is 4.42 Å². The lowest BCUT2D eigenvalue weighted by Crippen LogP contribution is -1.94. The van der Waals surface area contributed by atoms with Gasteiger partial charge in [0.15, 0.2) is 0 Å². The molecule has 0 saturated heterocycles. The maximum absolute atomic E-state index is 6.41. The molecule has 0 bridgehead atoms. The molecule has 0 amide bonds. The van der Waals surface area contributed by atoms with Crippen LogP contribution in [-0.2, 0) is 0 Å². The van der Waals surface area contributed by atoms with Gasteiger partial charge in [-0.25, -0.2) is 0 Å². The SMILES string of the molecule is c1ccc(-n2c3ccc(-c4ccc5c6cc7sc8ccccc8c7cc6n(-c6ccccc6)c5c4)cc3c3cc4oc5ccccc5c4cc32)cc1. The van der Waals surface area contributed by atoms with Crippen LogP contribution in [0, 0.1) is 0 Å². The number of hydrogen-bond acceptors (Lipinski definition) is 2. The van der Waals surface area contributed by atoms with Gasteiger partial charge >= 0.3 is 0 Å². The summed E-state index contributed by atoms with van der Waals surface area (Å²) < 4.78 is 13.9. The largest absolute Gasteiger partial charge is 0.456 e. The fourth-order valence-electron chi connectivity index (χ4n) is 8.54. The summed E-state index contributed by atoms with van der Waals surface area (Å²) in [5, 5.41) is 9.82. The number of fused-ring (bicyclic) bond motifs is 12. The van der Waals surface area contributed by atoms with Crippen molar-refractivity contribution in [1.82, 2.24) is 9.13 Å². The molecule has 3 nitrogen and oxygen atoms in total. The molecule has 0 fully saturated rings. The van der Waals surface area contributed by atoms with Crippen LogP contribution in [0.15, 0.2) is 174 Å². The summed E-state index contributed by atoms with van der Waals surface area (Å²) in [6, 6.07) is 61.8. The highest BCUT2D eigenvalue weighted by Gasteiger charge is 2.19. The highest BCUT2D eigenvalue weighted by molar-refractivity contribution is 7.25. The van der Waals surface area contributed by atoms with Gasteiger partial charge < -0.3 is 13.6 Å². The molecule has 8 aromatic carbocycles. The molecule has 52 heavy (non-hydrogen) atoms. The van der Waals surface area contributed by atoms with Gasteiger partial charge in [0.1, 0.15) is 11.2 Å². The fourth-order valence-corrected chi connectivity index (χ4v) is 9.67. The number of nitrogens with zero attached hydrogens (tertiary/aromatic N) is 2. The second-order valence-electron chi connectivity index (χ2n) is 13.7. The standard InChI is InChI=1S/C48H28N2OS/c1-3-11-31(12-4-1)49-41-22-20-29(23-36(41)37-27-46-39(25-43(37)49)34-15-7-9-17-45(34)51-46)30-19-21-33-38-28-48-40(35-16-8-10-18-47(35)52-48)26-44(38)50(42(33)24-30)32-13-5-2-6-14-32/h1-28H. The average molecular weight is 681 g/mol. The second-order valence-corrected chi connectivity index (χ2v) is 14.8. The summed E-state index contributed by atoms with van der Waals surface area (Å²) in [5.41, 5.74) is 11.3. The Morgan fingerprint density at radius 2 is 0.923 bits per heavy atom. The fraction of sp³-hybridized carbons (Fsp3) is 0. The van der Waals surface area contributed by atoms with Gasteiger partial charge in [0, 0.05) is 63.9 Å². The van der Waals surface area contributed by atoms with E-state index in [1.807, 2.05) is 17.4 Å². The van der Waals surface area contributed by atoms with Crippen LogP contribution in [0.3, 0.4) is 0 Å². The Hall–Kier alpha value is -6.62. The van der Waals surface area contributed by atoms with E-state index >= 15 is 0 Å². The van der Waals surface area contributed by atoms with E-state index in [4.69, 9.17) is 4.42 Å². The van der Waals surface area contributed by atoms with Gasteiger partial charge in [-0.1, -0.05) is 91.0 Å². The van der Waals surface area contributed by atoms with Crippen LogP contribution in [0.2, 0.25) is 0 Å². The molecule has 0 spiro atoms. The first kappa shape index (κ1) is 28.1. The van der Waals surface area contributed by atoms with Gasteiger partial charge in [-0.2, -0.15) is 0 Å². The summed E-state index contributed by atoms with van der Waals surface area (Å²) in [5.74, 6) is 0. The Bertz CT molecular complexity index is 3400. The van der Waals surface area contributed by atoms with Crippen LogP contribution >= 0.6 is 11.3 Å². The van der Waals surface area contributed by atoms with Gasteiger partial charge in [-0.05, 0) is 90.0 Å². The van der Waals surface area contributed by atoms with E-state index in [0.717, 1.165) is 33.3 Å². The number of benzene rings is 8. The summed E-state index contributed by atoms with van der Waals surface area (Å²) >= 11 is 1.88. The quantitative estimate of drug-likeness (QED) is 0.182. The molecule has 0 aliphatic heterocycles. The number of hydrogen-bond donors (Lipinski definition) is 0. The number of rotatable bonds is 3. The molecular weight excluding hydrogens is 653 g/mol. The molecule has 0 unspecified atom stereocenters. The Labute approximate surface area is 301 Å². The first-order valence-electron chi connectivity index (χ1n) is 17.7. The molecule has 4 heteroatoms. The van der Waals surface area contributed by atoms with Crippen LogP contribution in [0.5, 0.6) is 0 Å². The van der Waals surface area contributed by atoms with Crippen molar-refractivity contribution >= 4 is 97.1 Å². The molecule has 4 aromatic heterocycles. The normalized spacial score (nSPS) is 12.2. The molecule has 12 rings (SSSR count). The van der Waals surface area contributed by atoms with Gasteiger partial charge in [-0.15, -0.1) is 11.3 Å². The summed E-state index contributed by atoms with van der Waals surface area (Å²) in [4.78, 5) is 0. The van der Waals surface area contributed by atoms with Gasteiger partial charge in [0.25, 0.3) is 0 Å². The topological polar surface area (TPSA) is 23.0 Å². The number of para-hydroxylation sites is 3. The monoisotopic (exact) mass is 680 g/mol. The van der Waals surface area contributed by atoms with Crippen molar-refractivity contribution in [3.8, 4) is 22.5 Å². The minimum atomic E-state index is 0.910. The molecule has 242 valence electrons. The second kappa shape index (κ2) is 10.5. The molecule has 4 heterocycles. The van der Waals surface area contributed by atoms with E-state index in [2.05, 4.69) is 173 Å². The summed E-state index contributed by atoms with van der Waals surface area (Å²) in [6.07, 6.45) is 0. The van der Waals surface area contributed by atoms with Gasteiger partial charge in [0.2, 0.25) is 0 Å². The smallest absolute Gasteiger partial charge is 0.136 e. The van der Waals surface area contributed by atoms with E-state index in [9.17, 15) is 0 Å². The van der Waals surface area contributed by atoms with E-state index in [1.165, 1.54) is 74.9 Å². The molecule has 0 N–H and O–H groups in total. The molecular formula is C48H28N2OS. The lowest BCUT2D eigenvalue weighted by Gasteiger charge is -2.10. The number of furan rings is 1. The van der Waals surface area contributed by atoms with Crippen LogP contribution in [-0.4, -0.2) is 9.13 Å². The van der Waals surface area contributed by atoms with Crippen molar-refractivity contribution in [2.75, 3.05) is 0 Å². The van der Waals surface area contributed by atoms with Crippen molar-refractivity contribution in [3.05, 3.63) is 170 Å². The van der Waals surface area contributed by atoms with Crippen LogP contribution in [0.25, 0.3) is 108 Å². The molecule has 12 aromatic rings. The zero-order valence-corrected chi connectivity index (χ0v) is 28.7. The van der Waals surface area contributed by atoms with E-state index in [0.29, 0.717) is 0 Å². The zero-order valence-electron chi connectivity index (χ0n) is 27.9. The summed E-state index contributed by atoms with van der Waals surface area (Å²) in [7, 11) is 0. The number of aromatic nitrogens is 2. The predicted octanol–water partition coefficient (Wildman–Crippen LogP) is 13.8. The van der Waals surface area contributed by atoms with Crippen molar-refractivity contribution in [1.29, 1.82) is 0 Å². The minimum absolute atomic E-state index is 0.910. The van der Waals surface area contributed by atoms with Crippen molar-refractivity contribution in [2.24, 2.45) is 0 Å². The lowest BCUT2D eigenvalue weighted by atomic mass is 10.0. The van der Waals surface area contributed by atoms with Crippen LogP contribution in [0.1, 0.15) is 0 Å². The molecule has 0 aliphatic rings. The van der Waals surface area contributed by atoms with Crippen LogP contribution < -0.4 is 0 Å². The van der Waals surface area contributed by atoms with E-state index < -0.39 is 0 Å². The lowest BCUT2D eigenvalue weighted by molar-refractivity contribution is 0.669. The molecule has 0 radical (unpaired) electrons. The maximum Gasteiger partial charge on any atom is 0.136 e. The van der Waals surface area contributed by atoms with E-state index in [-0.39, 0.29) is 0 Å². The molecule has 0 saturated carbocycles. The Balaban J connectivity index is 1.12. The molecule has 0 aliphatic carbocycles. The summed E-state index contributed by atoms with van der Waals surface area (Å²) in [6.45, 7) is 0. The van der Waals surface area contributed by atoms with Crippen molar-refractivity contribution in [3.63, 3.8) is 0 Å². The van der Waals surface area contributed by atoms with Crippen molar-refractivity contribution in [2.45, 2.75) is 0 Å². The zero-order chi connectivity index (χ0) is 33.9. The van der Waals surface area contributed by atoms with E-state index in [1.54, 1.807) is 0 Å². The Kier molecular flexibility index (Phi) is 5.65. The predicted molar refractivity (Wildman–Crippen MR) is 221 cm³/mol. The Morgan fingerprint density at radius 3 is 1.73 bits per heavy atom. The minimum Gasteiger partial charge on any atom is -0.456 e. The van der Waals surface area contributed by atoms with Gasteiger partial charge in [-0.3, -0.25) is 0 Å². The third-order valence-electron chi connectivity index (χ3n) is 10.9.